The van der Waals surface area contributed by atoms with E-state index in [1.807, 2.05) is 42.5 Å². The topological polar surface area (TPSA) is 59.3 Å². The van der Waals surface area contributed by atoms with Gasteiger partial charge in [0.05, 0.1) is 16.8 Å². The number of rotatable bonds is 5. The summed E-state index contributed by atoms with van der Waals surface area (Å²) in [5.41, 5.74) is 2.55. The lowest BCUT2D eigenvalue weighted by Gasteiger charge is -2.14. The maximum atomic E-state index is 13.2. The van der Waals surface area contributed by atoms with Crippen molar-refractivity contribution < 1.29 is 18.0 Å². The average Bonchev–Trinajstić information content (AvgIpc) is 3.10. The van der Waals surface area contributed by atoms with Crippen LogP contribution in [-0.2, 0) is 11.0 Å². The van der Waals surface area contributed by atoms with Crippen LogP contribution in [0, 0.1) is 13.8 Å². The Hall–Kier alpha value is -2.78. The van der Waals surface area contributed by atoms with Crippen LogP contribution in [-0.4, -0.2) is 26.3 Å². The molecule has 0 saturated carbocycles. The van der Waals surface area contributed by atoms with Gasteiger partial charge in [-0.2, -0.15) is 13.2 Å². The lowest BCUT2D eigenvalue weighted by molar-refractivity contribution is -0.137. The van der Waals surface area contributed by atoms with Crippen molar-refractivity contribution in [2.45, 2.75) is 31.6 Å². The van der Waals surface area contributed by atoms with Crippen LogP contribution in [0.5, 0.6) is 0 Å². The summed E-state index contributed by atoms with van der Waals surface area (Å²) in [5.74, 6) is -0.230. The predicted octanol–water partition coefficient (Wildman–Crippen LogP) is 6.29. The van der Waals surface area contributed by atoms with Crippen molar-refractivity contribution in [2.75, 3.05) is 11.1 Å². The Balaban J connectivity index is 1.51. The Morgan fingerprint density at radius 3 is 2.66 bits per heavy atom. The second kappa shape index (κ2) is 8.63. The number of hydrogen-bond donors (Lipinski definition) is 1. The third-order valence-electron chi connectivity index (χ3n) is 5.01. The van der Waals surface area contributed by atoms with Crippen molar-refractivity contribution in [3.8, 4) is 0 Å². The molecule has 5 nitrogen and oxygen atoms in total. The fourth-order valence-corrected chi connectivity index (χ4v) is 4.59. The molecule has 0 saturated heterocycles. The third-order valence-corrected chi connectivity index (χ3v) is 6.18. The standard InChI is InChI=1S/C22H18ClF3N4OS/c1-12-4-3-5-15-13(2)10-18-28-29-21(30(18)20(12)15)32-9-8-19(31)27-17-11-14(23)6-7-16(17)22(24,25)26/h3-7,10-11H,8-9H2,1-2H3,(H,27,31). The first kappa shape index (κ1) is 22.4. The van der Waals surface area contributed by atoms with Gasteiger partial charge in [-0.3, -0.25) is 9.20 Å². The van der Waals surface area contributed by atoms with Gasteiger partial charge in [0, 0.05) is 22.6 Å². The highest BCUT2D eigenvalue weighted by atomic mass is 35.5. The van der Waals surface area contributed by atoms with Crippen LogP contribution in [0.15, 0.2) is 47.6 Å². The minimum atomic E-state index is -4.60. The lowest BCUT2D eigenvalue weighted by atomic mass is 10.1. The molecule has 166 valence electrons. The molecule has 0 fully saturated rings. The molecule has 2 heterocycles. The van der Waals surface area contributed by atoms with Gasteiger partial charge in [-0.1, -0.05) is 41.6 Å². The Labute approximate surface area is 191 Å². The molecule has 0 atom stereocenters. The number of nitrogens with one attached hydrogen (secondary N) is 1. The number of pyridine rings is 1. The van der Waals surface area contributed by atoms with E-state index >= 15 is 0 Å². The number of thioether (sulfide) groups is 1. The van der Waals surface area contributed by atoms with E-state index in [1.54, 1.807) is 0 Å². The predicted molar refractivity (Wildman–Crippen MR) is 120 cm³/mol. The molecule has 4 rings (SSSR count). The average molecular weight is 479 g/mol. The van der Waals surface area contributed by atoms with E-state index in [4.69, 9.17) is 11.6 Å². The van der Waals surface area contributed by atoms with Crippen LogP contribution < -0.4 is 5.32 Å². The van der Waals surface area contributed by atoms with E-state index < -0.39 is 17.6 Å². The van der Waals surface area contributed by atoms with E-state index in [0.29, 0.717) is 16.6 Å². The molecule has 0 spiro atoms. The molecule has 0 aliphatic carbocycles. The molecule has 32 heavy (non-hydrogen) atoms. The Morgan fingerprint density at radius 2 is 1.91 bits per heavy atom. The summed E-state index contributed by atoms with van der Waals surface area (Å²) in [7, 11) is 0. The number of amides is 1. The third kappa shape index (κ3) is 4.40. The largest absolute Gasteiger partial charge is 0.418 e. The number of para-hydroxylation sites is 1. The van der Waals surface area contributed by atoms with Crippen LogP contribution >= 0.6 is 23.4 Å². The molecule has 2 aromatic carbocycles. The van der Waals surface area contributed by atoms with Crippen molar-refractivity contribution in [1.82, 2.24) is 14.6 Å². The van der Waals surface area contributed by atoms with Gasteiger partial charge < -0.3 is 5.32 Å². The Kier molecular flexibility index (Phi) is 6.05. The fraction of sp³-hybridized carbons (Fsp3) is 0.227. The Bertz CT molecular complexity index is 1340. The number of anilines is 1. The number of aromatic nitrogens is 3. The van der Waals surface area contributed by atoms with Crippen molar-refractivity contribution in [3.05, 3.63) is 64.2 Å². The molecular formula is C22H18ClF3N4OS. The van der Waals surface area contributed by atoms with Gasteiger partial charge in [-0.25, -0.2) is 0 Å². The molecule has 0 bridgehead atoms. The molecule has 0 aliphatic heterocycles. The van der Waals surface area contributed by atoms with Gasteiger partial charge >= 0.3 is 6.18 Å². The first-order valence-corrected chi connectivity index (χ1v) is 11.0. The minimum absolute atomic E-state index is 0.00777. The number of benzene rings is 2. The molecule has 0 radical (unpaired) electrons. The molecule has 0 aliphatic rings. The van der Waals surface area contributed by atoms with Crippen LogP contribution in [0.2, 0.25) is 5.02 Å². The maximum absolute atomic E-state index is 13.2. The monoisotopic (exact) mass is 478 g/mol. The van der Waals surface area contributed by atoms with Crippen LogP contribution in [0.3, 0.4) is 0 Å². The van der Waals surface area contributed by atoms with Gasteiger partial charge in [-0.15, -0.1) is 10.2 Å². The first-order valence-electron chi connectivity index (χ1n) is 9.68. The number of halogens is 4. The number of fused-ring (bicyclic) bond motifs is 3. The van der Waals surface area contributed by atoms with E-state index in [2.05, 4.69) is 15.5 Å². The zero-order valence-electron chi connectivity index (χ0n) is 17.1. The van der Waals surface area contributed by atoms with Crippen LogP contribution in [0.4, 0.5) is 18.9 Å². The van der Waals surface area contributed by atoms with Gasteiger partial charge in [0.1, 0.15) is 0 Å². The minimum Gasteiger partial charge on any atom is -0.325 e. The van der Waals surface area contributed by atoms with E-state index in [9.17, 15) is 18.0 Å². The normalized spacial score (nSPS) is 11.9. The summed E-state index contributed by atoms with van der Waals surface area (Å²) >= 11 is 7.13. The van der Waals surface area contributed by atoms with E-state index in [0.717, 1.165) is 40.2 Å². The number of carbonyl (C=O) groups is 1. The SMILES string of the molecule is Cc1cc2nnc(SCCC(=O)Nc3cc(Cl)ccc3C(F)(F)F)n2c2c(C)cccc12. The van der Waals surface area contributed by atoms with Crippen molar-refractivity contribution in [3.63, 3.8) is 0 Å². The van der Waals surface area contributed by atoms with Gasteiger partial charge in [0.15, 0.2) is 10.8 Å². The van der Waals surface area contributed by atoms with E-state index in [1.165, 1.54) is 11.8 Å². The second-order valence-corrected chi connectivity index (χ2v) is 8.81. The molecular weight excluding hydrogens is 461 g/mol. The van der Waals surface area contributed by atoms with Crippen LogP contribution in [0.1, 0.15) is 23.1 Å². The highest BCUT2D eigenvalue weighted by molar-refractivity contribution is 7.99. The summed E-state index contributed by atoms with van der Waals surface area (Å²) in [6.45, 7) is 4.02. The van der Waals surface area contributed by atoms with Crippen molar-refractivity contribution in [2.24, 2.45) is 0 Å². The number of hydrogen-bond acceptors (Lipinski definition) is 4. The summed E-state index contributed by atoms with van der Waals surface area (Å²) in [6.07, 6.45) is -4.61. The highest BCUT2D eigenvalue weighted by Gasteiger charge is 2.34. The lowest BCUT2D eigenvalue weighted by Crippen LogP contribution is -2.17. The summed E-state index contributed by atoms with van der Waals surface area (Å²) in [5, 5.41) is 12.6. The van der Waals surface area contributed by atoms with Crippen molar-refractivity contribution >= 4 is 51.5 Å². The zero-order valence-corrected chi connectivity index (χ0v) is 18.7. The summed E-state index contributed by atoms with van der Waals surface area (Å²) in [6, 6.07) is 11.1. The molecule has 1 N–H and O–H groups in total. The number of nitrogens with zero attached hydrogens (tertiary/aromatic N) is 3. The number of alkyl halides is 3. The summed E-state index contributed by atoms with van der Waals surface area (Å²) < 4.78 is 41.5. The zero-order chi connectivity index (χ0) is 23.0. The fourth-order valence-electron chi connectivity index (χ4n) is 3.54. The molecule has 0 unspecified atom stereocenters. The maximum Gasteiger partial charge on any atom is 0.418 e. The Morgan fingerprint density at radius 1 is 1.12 bits per heavy atom. The second-order valence-electron chi connectivity index (χ2n) is 7.31. The number of aryl methyl sites for hydroxylation is 2. The van der Waals surface area contributed by atoms with Gasteiger partial charge in [0.2, 0.25) is 5.91 Å². The molecule has 1 amide bonds. The smallest absolute Gasteiger partial charge is 0.325 e. The highest BCUT2D eigenvalue weighted by Crippen LogP contribution is 2.36. The van der Waals surface area contributed by atoms with Crippen LogP contribution in [0.25, 0.3) is 16.6 Å². The molecule has 10 heteroatoms. The van der Waals surface area contributed by atoms with Gasteiger partial charge in [0.25, 0.3) is 0 Å². The first-order chi connectivity index (χ1) is 15.1. The number of carbonyl (C=O) groups excluding carboxylic acids is 1. The molecule has 2 aromatic heterocycles. The van der Waals surface area contributed by atoms with Crippen molar-refractivity contribution in [1.29, 1.82) is 0 Å². The summed E-state index contributed by atoms with van der Waals surface area (Å²) in [4.78, 5) is 12.3. The molecule has 4 aromatic rings. The van der Waals surface area contributed by atoms with E-state index in [-0.39, 0.29) is 17.1 Å². The van der Waals surface area contributed by atoms with Gasteiger partial charge in [-0.05, 0) is 49.2 Å². The quantitative estimate of drug-likeness (QED) is 0.342.